The Balaban J connectivity index is 2.06. The van der Waals surface area contributed by atoms with Crippen LogP contribution in [0, 0.1) is 0 Å². The lowest BCUT2D eigenvalue weighted by Gasteiger charge is -2.16. The first kappa shape index (κ1) is 19.7. The maximum absolute atomic E-state index is 12.8. The fraction of sp³-hybridized carbons (Fsp3) is 0.316. The number of ether oxygens (including phenoxy) is 1. The van der Waals surface area contributed by atoms with Gasteiger partial charge < -0.3 is 15.4 Å². The average molecular weight is 382 g/mol. The largest absolute Gasteiger partial charge is 0.382 e. The third-order valence-electron chi connectivity index (χ3n) is 3.67. The third-order valence-corrected chi connectivity index (χ3v) is 4.11. The van der Waals surface area contributed by atoms with Crippen LogP contribution in [0.3, 0.4) is 0 Å². The number of carbonyl (C=O) groups excluding carboxylic acids is 1. The summed E-state index contributed by atoms with van der Waals surface area (Å²) in [5.74, 6) is -0.110. The predicted molar refractivity (Wildman–Crippen MR) is 102 cm³/mol. The molecule has 0 unspecified atom stereocenters. The molecule has 0 saturated heterocycles. The minimum atomic E-state index is -0.347. The molecule has 2 aromatic carbocycles. The van der Waals surface area contributed by atoms with Crippen molar-refractivity contribution in [3.63, 3.8) is 0 Å². The number of hydrogen-bond acceptors (Lipinski definition) is 2. The van der Waals surface area contributed by atoms with Crippen molar-refractivity contribution in [1.82, 2.24) is 0 Å². The van der Waals surface area contributed by atoms with Gasteiger partial charge in [0.1, 0.15) is 0 Å². The fourth-order valence-electron chi connectivity index (χ4n) is 2.52. The molecule has 0 radical (unpaired) electrons. The average Bonchev–Trinajstić information content (AvgIpc) is 2.58. The van der Waals surface area contributed by atoms with Gasteiger partial charge >= 0.3 is 0 Å². The van der Waals surface area contributed by atoms with Crippen molar-refractivity contribution in [2.45, 2.75) is 19.4 Å². The summed E-state index contributed by atoms with van der Waals surface area (Å²) in [4.78, 5) is 12.8. The molecule has 0 aliphatic rings. The molecule has 2 rings (SSSR count). The first-order valence-corrected chi connectivity index (χ1v) is 9.08. The molecule has 0 spiro atoms. The van der Waals surface area contributed by atoms with Crippen LogP contribution < -0.4 is 10.6 Å². The number of halogens is 2. The second-order valence-corrected chi connectivity index (χ2v) is 6.48. The van der Waals surface area contributed by atoms with Crippen molar-refractivity contribution in [1.29, 1.82) is 0 Å². The maximum atomic E-state index is 12.8. The number of nitrogens with one attached hydrogen (secondary N) is 1. The normalized spacial score (nSPS) is 12.0. The van der Waals surface area contributed by atoms with Crippen LogP contribution in [-0.4, -0.2) is 25.7 Å². The van der Waals surface area contributed by atoms with E-state index in [2.05, 4.69) is 5.32 Å². The van der Waals surface area contributed by atoms with Crippen LogP contribution in [0.5, 0.6) is 0 Å². The summed E-state index contributed by atoms with van der Waals surface area (Å²) >= 11 is 12.0. The standard InChI is InChI=1S/C19H22Cl2N2O2/c1-2-25-10-6-9-22-18(14-7-4-3-5-8-14)19(24)23-17-12-15(20)11-16(21)13-17/h3-5,7-8,11-13,18,22H,2,6,9-10H2,1H3,(H,23,24)/p+1/t18-/m1/s1. The van der Waals surface area contributed by atoms with Gasteiger partial charge in [-0.3, -0.25) is 4.79 Å². The first-order valence-electron chi connectivity index (χ1n) is 8.33. The number of anilines is 1. The molecule has 0 bridgehead atoms. The lowest BCUT2D eigenvalue weighted by molar-refractivity contribution is -0.682. The number of carbonyl (C=O) groups is 1. The smallest absolute Gasteiger partial charge is 0.287 e. The maximum Gasteiger partial charge on any atom is 0.287 e. The molecule has 0 fully saturated rings. The van der Waals surface area contributed by atoms with Crippen molar-refractivity contribution < 1.29 is 14.8 Å². The molecule has 6 heteroatoms. The van der Waals surface area contributed by atoms with Crippen LogP contribution in [0.25, 0.3) is 0 Å². The monoisotopic (exact) mass is 381 g/mol. The Morgan fingerprint density at radius 1 is 1.16 bits per heavy atom. The summed E-state index contributed by atoms with van der Waals surface area (Å²) < 4.78 is 5.35. The van der Waals surface area contributed by atoms with Gasteiger partial charge in [0, 0.05) is 34.3 Å². The zero-order valence-corrected chi connectivity index (χ0v) is 15.7. The van der Waals surface area contributed by atoms with Crippen molar-refractivity contribution in [2.75, 3.05) is 25.1 Å². The number of rotatable bonds is 9. The van der Waals surface area contributed by atoms with Crippen LogP contribution in [0.15, 0.2) is 48.5 Å². The van der Waals surface area contributed by atoms with Crippen molar-refractivity contribution in [3.05, 3.63) is 64.1 Å². The molecular weight excluding hydrogens is 359 g/mol. The summed E-state index contributed by atoms with van der Waals surface area (Å²) in [5.41, 5.74) is 1.54. The van der Waals surface area contributed by atoms with E-state index in [4.69, 9.17) is 27.9 Å². The Kier molecular flexibility index (Phi) is 8.22. The molecule has 4 nitrogen and oxygen atoms in total. The van der Waals surface area contributed by atoms with Gasteiger partial charge in [-0.1, -0.05) is 53.5 Å². The van der Waals surface area contributed by atoms with Crippen LogP contribution >= 0.6 is 23.2 Å². The molecule has 3 N–H and O–H groups in total. The van der Waals surface area contributed by atoms with Gasteiger partial charge in [0.05, 0.1) is 13.2 Å². The van der Waals surface area contributed by atoms with E-state index < -0.39 is 0 Å². The molecule has 134 valence electrons. The summed E-state index contributed by atoms with van der Waals surface area (Å²) in [6.45, 7) is 4.17. The Morgan fingerprint density at radius 3 is 2.48 bits per heavy atom. The number of nitrogens with two attached hydrogens (primary N) is 1. The summed E-state index contributed by atoms with van der Waals surface area (Å²) in [7, 11) is 0. The number of benzene rings is 2. The highest BCUT2D eigenvalue weighted by atomic mass is 35.5. The lowest BCUT2D eigenvalue weighted by atomic mass is 10.1. The van der Waals surface area contributed by atoms with E-state index in [1.807, 2.05) is 42.6 Å². The Bertz CT molecular complexity index is 660. The second-order valence-electron chi connectivity index (χ2n) is 5.61. The number of quaternary nitrogens is 1. The lowest BCUT2D eigenvalue weighted by Crippen LogP contribution is -2.87. The van der Waals surface area contributed by atoms with Gasteiger partial charge in [-0.05, 0) is 25.1 Å². The highest BCUT2D eigenvalue weighted by molar-refractivity contribution is 6.35. The van der Waals surface area contributed by atoms with Crippen molar-refractivity contribution >= 4 is 34.8 Å². The zero-order chi connectivity index (χ0) is 18.1. The third kappa shape index (κ3) is 6.67. The molecule has 0 heterocycles. The molecule has 1 atom stereocenters. The molecule has 0 aliphatic carbocycles. The Morgan fingerprint density at radius 2 is 1.84 bits per heavy atom. The van der Waals surface area contributed by atoms with Crippen LogP contribution in [-0.2, 0) is 9.53 Å². The fourth-order valence-corrected chi connectivity index (χ4v) is 3.04. The van der Waals surface area contributed by atoms with Gasteiger partial charge in [-0.15, -0.1) is 0 Å². The highest BCUT2D eigenvalue weighted by Gasteiger charge is 2.24. The minimum absolute atomic E-state index is 0.110. The van der Waals surface area contributed by atoms with E-state index in [9.17, 15) is 4.79 Å². The first-order chi connectivity index (χ1) is 12.1. The molecule has 0 aromatic heterocycles. The molecular formula is C19H23Cl2N2O2+. The quantitative estimate of drug-likeness (QED) is 0.651. The summed E-state index contributed by atoms with van der Waals surface area (Å²) in [5, 5.41) is 5.90. The van der Waals surface area contributed by atoms with Gasteiger partial charge in [-0.2, -0.15) is 0 Å². The number of amides is 1. The topological polar surface area (TPSA) is 54.9 Å². The van der Waals surface area contributed by atoms with E-state index >= 15 is 0 Å². The Labute approximate surface area is 158 Å². The summed E-state index contributed by atoms with van der Waals surface area (Å²) in [6, 6.07) is 14.4. The molecule has 2 aromatic rings. The molecule has 1 amide bonds. The summed E-state index contributed by atoms with van der Waals surface area (Å²) in [6.07, 6.45) is 0.882. The molecule has 25 heavy (non-hydrogen) atoms. The second kappa shape index (κ2) is 10.4. The van der Waals surface area contributed by atoms with E-state index in [0.717, 1.165) is 18.5 Å². The van der Waals surface area contributed by atoms with Crippen molar-refractivity contribution in [3.8, 4) is 0 Å². The SMILES string of the molecule is CCOCCC[NH2+][C@@H](C(=O)Nc1cc(Cl)cc(Cl)c1)c1ccccc1. The van der Waals surface area contributed by atoms with Gasteiger partial charge in [0.2, 0.25) is 0 Å². The minimum Gasteiger partial charge on any atom is -0.382 e. The molecule has 0 saturated carbocycles. The van der Waals surface area contributed by atoms with Crippen LogP contribution in [0.4, 0.5) is 5.69 Å². The van der Waals surface area contributed by atoms with E-state index in [0.29, 0.717) is 28.9 Å². The van der Waals surface area contributed by atoms with E-state index in [1.54, 1.807) is 18.2 Å². The van der Waals surface area contributed by atoms with Gasteiger partial charge in [-0.25, -0.2) is 0 Å². The highest BCUT2D eigenvalue weighted by Crippen LogP contribution is 2.23. The van der Waals surface area contributed by atoms with Crippen LogP contribution in [0.1, 0.15) is 24.9 Å². The predicted octanol–water partition coefficient (Wildman–Crippen LogP) is 3.66. The van der Waals surface area contributed by atoms with Gasteiger partial charge in [0.25, 0.3) is 5.91 Å². The van der Waals surface area contributed by atoms with E-state index in [1.165, 1.54) is 0 Å². The molecule has 0 aliphatic heterocycles. The Hall–Kier alpha value is -1.59. The van der Waals surface area contributed by atoms with Gasteiger partial charge in [0.15, 0.2) is 6.04 Å². The van der Waals surface area contributed by atoms with Crippen LogP contribution in [0.2, 0.25) is 10.0 Å². The van der Waals surface area contributed by atoms with Crippen molar-refractivity contribution in [2.24, 2.45) is 0 Å². The zero-order valence-electron chi connectivity index (χ0n) is 14.2. The number of hydrogen-bond donors (Lipinski definition) is 2. The van der Waals surface area contributed by atoms with E-state index in [-0.39, 0.29) is 11.9 Å².